The number of hydrogen-bond acceptors (Lipinski definition) is 3. The Labute approximate surface area is 104 Å². The van der Waals surface area contributed by atoms with Crippen molar-refractivity contribution in [1.29, 1.82) is 0 Å². The first-order chi connectivity index (χ1) is 8.69. The summed E-state index contributed by atoms with van der Waals surface area (Å²) in [6.45, 7) is 0.327. The fourth-order valence-corrected chi connectivity index (χ4v) is 1.67. The van der Waals surface area contributed by atoms with Gasteiger partial charge >= 0.3 is 0 Å². The minimum Gasteiger partial charge on any atom is -0.456 e. The Bertz CT molecular complexity index is 545. The van der Waals surface area contributed by atoms with Gasteiger partial charge in [0.1, 0.15) is 18.2 Å². The van der Waals surface area contributed by atoms with Gasteiger partial charge in [-0.15, -0.1) is 0 Å². The number of benzene rings is 1. The summed E-state index contributed by atoms with van der Waals surface area (Å²) >= 11 is 0. The molecule has 0 saturated carbocycles. The molecule has 0 radical (unpaired) electrons. The van der Waals surface area contributed by atoms with Crippen LogP contribution >= 0.6 is 0 Å². The Morgan fingerprint density at radius 1 is 1.33 bits per heavy atom. The molecule has 0 unspecified atom stereocenters. The van der Waals surface area contributed by atoms with Gasteiger partial charge in [0, 0.05) is 13.5 Å². The highest BCUT2D eigenvalue weighted by atomic mass is 19.1. The fourth-order valence-electron chi connectivity index (χ4n) is 1.67. The Hall–Kier alpha value is -1.94. The Morgan fingerprint density at radius 2 is 2.17 bits per heavy atom. The molecule has 2 rings (SSSR count). The topological polar surface area (TPSA) is 39.4 Å². The highest BCUT2D eigenvalue weighted by Gasteiger charge is 2.12. The number of methoxy groups -OCH3 is 1. The van der Waals surface area contributed by atoms with Crippen LogP contribution in [0, 0.1) is 5.82 Å². The van der Waals surface area contributed by atoms with Gasteiger partial charge in [-0.05, 0) is 29.8 Å². The average molecular weight is 248 g/mol. The molecule has 0 spiro atoms. The Balaban J connectivity index is 2.07. The molecule has 2 aromatic rings. The van der Waals surface area contributed by atoms with Crippen LogP contribution in [0.1, 0.15) is 21.9 Å². The number of hydrogen-bond donors (Lipinski definition) is 0. The summed E-state index contributed by atoms with van der Waals surface area (Å²) in [6, 6.07) is 9.28. The molecule has 1 heterocycles. The molecular weight excluding hydrogens is 235 g/mol. The van der Waals surface area contributed by atoms with E-state index in [9.17, 15) is 9.18 Å². The van der Waals surface area contributed by atoms with Gasteiger partial charge in [-0.1, -0.05) is 12.1 Å². The van der Waals surface area contributed by atoms with Crippen molar-refractivity contribution in [3.8, 4) is 0 Å². The van der Waals surface area contributed by atoms with Gasteiger partial charge in [0.2, 0.25) is 5.78 Å². The van der Waals surface area contributed by atoms with Gasteiger partial charge in [-0.2, -0.15) is 0 Å². The van der Waals surface area contributed by atoms with Gasteiger partial charge in [0.05, 0.1) is 0 Å². The van der Waals surface area contributed by atoms with Crippen LogP contribution < -0.4 is 0 Å². The van der Waals surface area contributed by atoms with Crippen LogP contribution in [-0.2, 0) is 17.8 Å². The van der Waals surface area contributed by atoms with Crippen LogP contribution in [0.3, 0.4) is 0 Å². The number of Topliss-reactive ketones (excluding diaryl/α,β-unsaturated/α-hetero) is 1. The van der Waals surface area contributed by atoms with E-state index in [4.69, 9.17) is 9.15 Å². The normalized spacial score (nSPS) is 10.6. The van der Waals surface area contributed by atoms with Crippen LogP contribution in [0.2, 0.25) is 0 Å². The van der Waals surface area contributed by atoms with E-state index in [0.717, 1.165) is 0 Å². The molecule has 3 nitrogen and oxygen atoms in total. The molecule has 94 valence electrons. The van der Waals surface area contributed by atoms with E-state index < -0.39 is 0 Å². The molecule has 0 atom stereocenters. The second-order valence-corrected chi connectivity index (χ2v) is 3.93. The van der Waals surface area contributed by atoms with Gasteiger partial charge < -0.3 is 9.15 Å². The summed E-state index contributed by atoms with van der Waals surface area (Å²) < 4.78 is 23.2. The summed E-state index contributed by atoms with van der Waals surface area (Å²) in [5, 5.41) is 0. The second kappa shape index (κ2) is 5.60. The number of carbonyl (C=O) groups excluding carboxylic acids is 1. The molecule has 0 aliphatic heterocycles. The SMILES string of the molecule is COCc1ccc(C(=O)Cc2cccc(F)c2)o1. The molecule has 0 N–H and O–H groups in total. The summed E-state index contributed by atoms with van der Waals surface area (Å²) in [4.78, 5) is 11.9. The predicted molar refractivity (Wildman–Crippen MR) is 63.9 cm³/mol. The summed E-state index contributed by atoms with van der Waals surface area (Å²) in [5.74, 6) is 0.342. The van der Waals surface area contributed by atoms with Crippen molar-refractivity contribution in [1.82, 2.24) is 0 Å². The third-order valence-corrected chi connectivity index (χ3v) is 2.48. The molecule has 18 heavy (non-hydrogen) atoms. The lowest BCUT2D eigenvalue weighted by atomic mass is 10.1. The van der Waals surface area contributed by atoms with Crippen molar-refractivity contribution in [2.75, 3.05) is 7.11 Å². The number of halogens is 1. The lowest BCUT2D eigenvalue weighted by molar-refractivity contribution is 0.0957. The monoisotopic (exact) mass is 248 g/mol. The van der Waals surface area contributed by atoms with Crippen LogP contribution in [0.25, 0.3) is 0 Å². The maximum absolute atomic E-state index is 13.0. The lowest BCUT2D eigenvalue weighted by Gasteiger charge is -1.99. The maximum atomic E-state index is 13.0. The molecule has 1 aromatic heterocycles. The highest BCUT2D eigenvalue weighted by Crippen LogP contribution is 2.13. The minimum atomic E-state index is -0.347. The van der Waals surface area contributed by atoms with Crippen LogP contribution in [0.5, 0.6) is 0 Å². The third kappa shape index (κ3) is 3.05. The quantitative estimate of drug-likeness (QED) is 0.763. The van der Waals surface area contributed by atoms with E-state index in [1.165, 1.54) is 12.1 Å². The van der Waals surface area contributed by atoms with Crippen LogP contribution in [0.15, 0.2) is 40.8 Å². The van der Waals surface area contributed by atoms with Gasteiger partial charge in [-0.25, -0.2) is 4.39 Å². The van der Waals surface area contributed by atoms with Gasteiger partial charge in [0.15, 0.2) is 5.76 Å². The van der Waals surface area contributed by atoms with E-state index in [1.54, 1.807) is 31.4 Å². The zero-order valence-corrected chi connectivity index (χ0v) is 9.98. The number of ketones is 1. The molecular formula is C14H13FO3. The number of ether oxygens (including phenoxy) is 1. The predicted octanol–water partition coefficient (Wildman–Crippen LogP) is 2.99. The largest absolute Gasteiger partial charge is 0.456 e. The molecule has 1 aromatic carbocycles. The Morgan fingerprint density at radius 3 is 2.89 bits per heavy atom. The molecule has 4 heteroatoms. The molecule has 0 saturated heterocycles. The average Bonchev–Trinajstić information content (AvgIpc) is 2.78. The first-order valence-electron chi connectivity index (χ1n) is 5.54. The van der Waals surface area contributed by atoms with E-state index in [-0.39, 0.29) is 23.8 Å². The second-order valence-electron chi connectivity index (χ2n) is 3.93. The van der Waals surface area contributed by atoms with Crippen molar-refractivity contribution in [2.45, 2.75) is 13.0 Å². The molecule has 0 aliphatic rings. The van der Waals surface area contributed by atoms with Gasteiger partial charge in [0.25, 0.3) is 0 Å². The highest BCUT2D eigenvalue weighted by molar-refractivity contribution is 5.95. The minimum absolute atomic E-state index is 0.123. The van der Waals surface area contributed by atoms with Crippen molar-refractivity contribution < 1.29 is 18.3 Å². The zero-order valence-electron chi connectivity index (χ0n) is 9.98. The summed E-state index contributed by atoms with van der Waals surface area (Å²) in [5.41, 5.74) is 0.629. The lowest BCUT2D eigenvalue weighted by Crippen LogP contribution is -2.02. The Kier molecular flexibility index (Phi) is 3.89. The fraction of sp³-hybridized carbons (Fsp3) is 0.214. The standard InChI is InChI=1S/C14H13FO3/c1-17-9-12-5-6-14(18-12)13(16)8-10-3-2-4-11(15)7-10/h2-7H,8-9H2,1H3. The van der Waals surface area contributed by atoms with Crippen LogP contribution in [0.4, 0.5) is 4.39 Å². The van der Waals surface area contributed by atoms with E-state index in [2.05, 4.69) is 0 Å². The first kappa shape index (κ1) is 12.5. The molecule has 0 fully saturated rings. The van der Waals surface area contributed by atoms with E-state index in [1.807, 2.05) is 0 Å². The molecule has 0 amide bonds. The smallest absolute Gasteiger partial charge is 0.202 e. The van der Waals surface area contributed by atoms with E-state index >= 15 is 0 Å². The van der Waals surface area contributed by atoms with E-state index in [0.29, 0.717) is 17.9 Å². The van der Waals surface area contributed by atoms with Crippen molar-refractivity contribution in [2.24, 2.45) is 0 Å². The van der Waals surface area contributed by atoms with Gasteiger partial charge in [-0.3, -0.25) is 4.79 Å². The molecule has 0 aliphatic carbocycles. The van der Waals surface area contributed by atoms with Crippen molar-refractivity contribution in [3.63, 3.8) is 0 Å². The number of furan rings is 1. The molecule has 0 bridgehead atoms. The van der Waals surface area contributed by atoms with Crippen LogP contribution in [-0.4, -0.2) is 12.9 Å². The number of carbonyl (C=O) groups is 1. The first-order valence-corrected chi connectivity index (χ1v) is 5.54. The third-order valence-electron chi connectivity index (χ3n) is 2.48. The summed E-state index contributed by atoms with van der Waals surface area (Å²) in [7, 11) is 1.55. The summed E-state index contributed by atoms with van der Waals surface area (Å²) in [6.07, 6.45) is 0.123. The number of rotatable bonds is 5. The van der Waals surface area contributed by atoms with Crippen molar-refractivity contribution in [3.05, 3.63) is 59.3 Å². The van der Waals surface area contributed by atoms with Crippen molar-refractivity contribution >= 4 is 5.78 Å². The zero-order chi connectivity index (χ0) is 13.0. The maximum Gasteiger partial charge on any atom is 0.202 e.